The van der Waals surface area contributed by atoms with Gasteiger partial charge in [-0.3, -0.25) is 15.1 Å². The van der Waals surface area contributed by atoms with Crippen molar-refractivity contribution in [2.24, 2.45) is 5.92 Å². The molecule has 0 amide bonds. The summed E-state index contributed by atoms with van der Waals surface area (Å²) in [6, 6.07) is 3.08. The zero-order valence-corrected chi connectivity index (χ0v) is 7.73. The molecule has 0 atom stereocenters. The molecular formula is C9H12N2O2. The van der Waals surface area contributed by atoms with E-state index in [4.69, 9.17) is 0 Å². The van der Waals surface area contributed by atoms with Crippen LogP contribution in [0.1, 0.15) is 19.5 Å². The van der Waals surface area contributed by atoms with Crippen LogP contribution in [-0.2, 0) is 6.42 Å². The predicted molar refractivity (Wildman–Crippen MR) is 49.4 cm³/mol. The minimum absolute atomic E-state index is 0.121. The van der Waals surface area contributed by atoms with Crippen LogP contribution in [0.5, 0.6) is 0 Å². The van der Waals surface area contributed by atoms with Gasteiger partial charge in [-0.15, -0.1) is 0 Å². The lowest BCUT2D eigenvalue weighted by atomic mass is 10.1. The smallest absolute Gasteiger partial charge is 0.258 e. The molecule has 1 aromatic heterocycles. The van der Waals surface area contributed by atoms with Crippen molar-refractivity contribution < 1.29 is 4.92 Å². The van der Waals surface area contributed by atoms with Crippen LogP contribution in [0.15, 0.2) is 18.3 Å². The van der Waals surface area contributed by atoms with Gasteiger partial charge >= 0.3 is 0 Å². The number of nitrogens with zero attached hydrogens (tertiary/aromatic N) is 2. The van der Waals surface area contributed by atoms with Gasteiger partial charge in [-0.05, 0) is 18.4 Å². The fraction of sp³-hybridized carbons (Fsp3) is 0.444. The van der Waals surface area contributed by atoms with E-state index in [1.807, 2.05) is 13.8 Å². The largest absolute Gasteiger partial charge is 0.290 e. The molecule has 1 heterocycles. The molecule has 0 spiro atoms. The van der Waals surface area contributed by atoms with Crippen molar-refractivity contribution in [3.63, 3.8) is 0 Å². The zero-order valence-electron chi connectivity index (χ0n) is 7.73. The van der Waals surface area contributed by atoms with Crippen LogP contribution in [-0.4, -0.2) is 9.91 Å². The van der Waals surface area contributed by atoms with Crippen LogP contribution >= 0.6 is 0 Å². The molecule has 0 N–H and O–H groups in total. The van der Waals surface area contributed by atoms with Crippen LogP contribution in [0.4, 0.5) is 5.69 Å². The molecular weight excluding hydrogens is 168 g/mol. The Morgan fingerprint density at radius 3 is 2.85 bits per heavy atom. The van der Waals surface area contributed by atoms with Gasteiger partial charge in [-0.2, -0.15) is 0 Å². The van der Waals surface area contributed by atoms with E-state index >= 15 is 0 Å². The number of nitro groups is 1. The Balaban J connectivity index is 2.98. The molecule has 0 bridgehead atoms. The third-order valence-corrected chi connectivity index (χ3v) is 1.66. The van der Waals surface area contributed by atoms with E-state index in [1.165, 1.54) is 6.07 Å². The first-order valence-corrected chi connectivity index (χ1v) is 4.19. The summed E-state index contributed by atoms with van der Waals surface area (Å²) in [4.78, 5) is 14.2. The van der Waals surface area contributed by atoms with Gasteiger partial charge in [0, 0.05) is 12.3 Å². The van der Waals surface area contributed by atoms with E-state index in [2.05, 4.69) is 4.98 Å². The molecule has 1 aromatic rings. The minimum atomic E-state index is -0.384. The summed E-state index contributed by atoms with van der Waals surface area (Å²) in [5.74, 6) is 0.383. The molecule has 0 saturated carbocycles. The topological polar surface area (TPSA) is 56.0 Å². The van der Waals surface area contributed by atoms with E-state index in [0.29, 0.717) is 18.0 Å². The lowest BCUT2D eigenvalue weighted by molar-refractivity contribution is -0.386. The van der Waals surface area contributed by atoms with Crippen LogP contribution in [0.3, 0.4) is 0 Å². The number of rotatable bonds is 3. The quantitative estimate of drug-likeness (QED) is 0.529. The first kappa shape index (κ1) is 9.64. The number of pyridine rings is 1. The summed E-state index contributed by atoms with van der Waals surface area (Å²) in [5.41, 5.74) is 0.693. The maximum absolute atomic E-state index is 10.6. The molecule has 1 rings (SSSR count). The lowest BCUT2D eigenvalue weighted by Gasteiger charge is -2.03. The van der Waals surface area contributed by atoms with Gasteiger partial charge in [0.1, 0.15) is 5.69 Å². The summed E-state index contributed by atoms with van der Waals surface area (Å²) in [6.45, 7) is 4.02. The van der Waals surface area contributed by atoms with Crippen molar-refractivity contribution in [1.82, 2.24) is 4.98 Å². The van der Waals surface area contributed by atoms with Crippen LogP contribution in [0, 0.1) is 16.0 Å². The third-order valence-electron chi connectivity index (χ3n) is 1.66. The van der Waals surface area contributed by atoms with E-state index in [0.717, 1.165) is 0 Å². The minimum Gasteiger partial charge on any atom is -0.258 e. The summed E-state index contributed by atoms with van der Waals surface area (Å²) in [5, 5.41) is 10.6. The van der Waals surface area contributed by atoms with E-state index < -0.39 is 0 Å². The van der Waals surface area contributed by atoms with Crippen molar-refractivity contribution in [2.75, 3.05) is 0 Å². The molecule has 70 valence electrons. The normalized spacial score (nSPS) is 10.4. The molecule has 0 aromatic carbocycles. The van der Waals surface area contributed by atoms with E-state index in [1.54, 1.807) is 12.3 Å². The highest BCUT2D eigenvalue weighted by Gasteiger charge is 2.14. The lowest BCUT2D eigenvalue weighted by Crippen LogP contribution is -2.01. The second kappa shape index (κ2) is 3.98. The second-order valence-corrected chi connectivity index (χ2v) is 3.32. The van der Waals surface area contributed by atoms with Crippen molar-refractivity contribution >= 4 is 5.69 Å². The van der Waals surface area contributed by atoms with Crippen molar-refractivity contribution in [1.29, 1.82) is 0 Å². The van der Waals surface area contributed by atoms with Gasteiger partial charge < -0.3 is 0 Å². The van der Waals surface area contributed by atoms with Gasteiger partial charge in [0.25, 0.3) is 5.69 Å². The zero-order chi connectivity index (χ0) is 9.84. The highest BCUT2D eigenvalue weighted by molar-refractivity contribution is 5.34. The van der Waals surface area contributed by atoms with Crippen LogP contribution in [0.25, 0.3) is 0 Å². The van der Waals surface area contributed by atoms with Gasteiger partial charge in [0.15, 0.2) is 0 Å². The number of hydrogen-bond donors (Lipinski definition) is 0. The first-order valence-electron chi connectivity index (χ1n) is 4.19. The molecule has 4 nitrogen and oxygen atoms in total. The fourth-order valence-electron chi connectivity index (χ4n) is 1.14. The van der Waals surface area contributed by atoms with Crippen molar-refractivity contribution in [3.05, 3.63) is 34.1 Å². The number of aromatic nitrogens is 1. The molecule has 0 aliphatic heterocycles. The molecule has 0 fully saturated rings. The molecule has 0 aliphatic rings. The number of hydrogen-bond acceptors (Lipinski definition) is 3. The van der Waals surface area contributed by atoms with Gasteiger partial charge in [0.05, 0.1) is 4.92 Å². The van der Waals surface area contributed by atoms with Gasteiger partial charge in [-0.1, -0.05) is 13.8 Å². The van der Waals surface area contributed by atoms with Crippen LogP contribution in [0.2, 0.25) is 0 Å². The second-order valence-electron chi connectivity index (χ2n) is 3.32. The Hall–Kier alpha value is -1.45. The molecule has 4 heteroatoms. The summed E-state index contributed by atoms with van der Waals surface area (Å²) in [6.07, 6.45) is 2.24. The molecule has 0 radical (unpaired) electrons. The Morgan fingerprint density at radius 2 is 2.31 bits per heavy atom. The van der Waals surface area contributed by atoms with Crippen molar-refractivity contribution in [2.45, 2.75) is 20.3 Å². The van der Waals surface area contributed by atoms with Crippen LogP contribution < -0.4 is 0 Å². The predicted octanol–water partition coefficient (Wildman–Crippen LogP) is 2.19. The Labute approximate surface area is 76.8 Å². The average molecular weight is 180 g/mol. The monoisotopic (exact) mass is 180 g/mol. The fourth-order valence-corrected chi connectivity index (χ4v) is 1.14. The maximum atomic E-state index is 10.6. The SMILES string of the molecule is CC(C)Cc1ncccc1[N+](=O)[O-]. The highest BCUT2D eigenvalue weighted by atomic mass is 16.6. The highest BCUT2D eigenvalue weighted by Crippen LogP contribution is 2.17. The summed E-state index contributed by atoms with van der Waals surface area (Å²) < 4.78 is 0. The molecule has 13 heavy (non-hydrogen) atoms. The maximum Gasteiger partial charge on any atom is 0.290 e. The molecule has 0 aliphatic carbocycles. The molecule has 0 unspecified atom stereocenters. The first-order chi connectivity index (χ1) is 6.11. The van der Waals surface area contributed by atoms with E-state index in [9.17, 15) is 10.1 Å². The Kier molecular flexibility index (Phi) is 2.95. The average Bonchev–Trinajstić information content (AvgIpc) is 2.03. The summed E-state index contributed by atoms with van der Waals surface area (Å²) in [7, 11) is 0. The molecule has 0 saturated heterocycles. The van der Waals surface area contributed by atoms with Gasteiger partial charge in [-0.25, -0.2) is 0 Å². The van der Waals surface area contributed by atoms with Crippen molar-refractivity contribution in [3.8, 4) is 0 Å². The standard InChI is InChI=1S/C9H12N2O2/c1-7(2)6-8-9(11(12)13)4-3-5-10-8/h3-5,7H,6H2,1-2H3. The van der Waals surface area contributed by atoms with E-state index in [-0.39, 0.29) is 10.6 Å². The Morgan fingerprint density at radius 1 is 1.62 bits per heavy atom. The Bertz CT molecular complexity index is 310. The van der Waals surface area contributed by atoms with Gasteiger partial charge in [0.2, 0.25) is 0 Å². The summed E-state index contributed by atoms with van der Waals surface area (Å²) >= 11 is 0. The third kappa shape index (κ3) is 2.50.